The van der Waals surface area contributed by atoms with Crippen LogP contribution in [0, 0.1) is 0 Å². The molecular weight excluding hydrogens is 438 g/mol. The first-order chi connectivity index (χ1) is 15.6. The van der Waals surface area contributed by atoms with Gasteiger partial charge >= 0.3 is 12.1 Å². The molecule has 1 amide bonds. The fraction of sp³-hybridized carbons (Fsp3) is 0.364. The lowest BCUT2D eigenvalue weighted by Gasteiger charge is -2.19. The fourth-order valence-electron chi connectivity index (χ4n) is 2.99. The fourth-order valence-corrected chi connectivity index (χ4v) is 3.08. The van der Waals surface area contributed by atoms with Crippen LogP contribution in [0.5, 0.6) is 17.2 Å². The number of aliphatic hydroxyl groups excluding tert-OH is 1. The van der Waals surface area contributed by atoms with E-state index in [0.717, 1.165) is 5.56 Å². The number of rotatable bonds is 11. The molecule has 1 atom stereocenters. The van der Waals surface area contributed by atoms with Crippen LogP contribution in [0.3, 0.4) is 0 Å². The Morgan fingerprint density at radius 2 is 1.88 bits per heavy atom. The summed E-state index contributed by atoms with van der Waals surface area (Å²) in [5.74, 6) is 1.35. The Kier molecular flexibility index (Phi) is 8.88. The Morgan fingerprint density at radius 1 is 1.09 bits per heavy atom. The van der Waals surface area contributed by atoms with E-state index in [4.69, 9.17) is 28.8 Å². The van der Waals surface area contributed by atoms with Crippen LogP contribution in [0.1, 0.15) is 24.5 Å². The standard InChI is InChI=1S/C22H25NO8S/c24-9-11-27-17-6-3-15(4-7-17)18(2-1-10-28-21(25)13-32)31-22(26)23-16-5-8-19-20(12-16)30-14-29-19/h3-8,12,18,24,32H,1-2,9-11,13-14H2,(H,23,26)/t18-/m0/s1. The summed E-state index contributed by atoms with van der Waals surface area (Å²) in [6.45, 7) is 0.439. The Hall–Kier alpha value is -3.11. The Bertz CT molecular complexity index is 905. The van der Waals surface area contributed by atoms with Gasteiger partial charge in [-0.2, -0.15) is 12.6 Å². The van der Waals surface area contributed by atoms with Gasteiger partial charge in [0.2, 0.25) is 6.79 Å². The molecule has 0 unspecified atom stereocenters. The largest absolute Gasteiger partial charge is 0.491 e. The third-order valence-corrected chi connectivity index (χ3v) is 4.74. The summed E-state index contributed by atoms with van der Waals surface area (Å²) in [5, 5.41) is 11.6. The molecule has 1 aliphatic heterocycles. The maximum atomic E-state index is 12.5. The molecule has 172 valence electrons. The number of carbonyl (C=O) groups is 2. The van der Waals surface area contributed by atoms with Gasteiger partial charge in [-0.1, -0.05) is 12.1 Å². The van der Waals surface area contributed by atoms with Gasteiger partial charge in [-0.25, -0.2) is 4.79 Å². The van der Waals surface area contributed by atoms with Crippen LogP contribution < -0.4 is 19.5 Å². The highest BCUT2D eigenvalue weighted by Crippen LogP contribution is 2.34. The van der Waals surface area contributed by atoms with Crippen LogP contribution in [0.15, 0.2) is 42.5 Å². The van der Waals surface area contributed by atoms with Gasteiger partial charge in [0.25, 0.3) is 0 Å². The van der Waals surface area contributed by atoms with E-state index in [-0.39, 0.29) is 32.4 Å². The van der Waals surface area contributed by atoms with Gasteiger partial charge in [0.05, 0.1) is 19.0 Å². The van der Waals surface area contributed by atoms with E-state index < -0.39 is 18.2 Å². The predicted octanol–water partition coefficient (Wildman–Crippen LogP) is 3.33. The van der Waals surface area contributed by atoms with Crippen molar-refractivity contribution in [3.63, 3.8) is 0 Å². The molecule has 10 heteroatoms. The Labute approximate surface area is 191 Å². The first-order valence-corrected chi connectivity index (χ1v) is 10.7. The van der Waals surface area contributed by atoms with Gasteiger partial charge in [0.15, 0.2) is 11.5 Å². The normalized spacial score (nSPS) is 12.7. The number of benzene rings is 2. The molecule has 2 aromatic rings. The molecule has 0 saturated carbocycles. The number of thiol groups is 1. The minimum Gasteiger partial charge on any atom is -0.491 e. The maximum Gasteiger partial charge on any atom is 0.412 e. The van der Waals surface area contributed by atoms with Crippen LogP contribution in [0.4, 0.5) is 10.5 Å². The van der Waals surface area contributed by atoms with Gasteiger partial charge in [0, 0.05) is 11.8 Å². The van der Waals surface area contributed by atoms with Crippen molar-refractivity contribution in [2.45, 2.75) is 18.9 Å². The van der Waals surface area contributed by atoms with Crippen molar-refractivity contribution in [3.05, 3.63) is 48.0 Å². The highest BCUT2D eigenvalue weighted by molar-refractivity contribution is 7.81. The van der Waals surface area contributed by atoms with Crippen LogP contribution in [-0.2, 0) is 14.3 Å². The molecule has 0 radical (unpaired) electrons. The number of fused-ring (bicyclic) bond motifs is 1. The topological polar surface area (TPSA) is 113 Å². The van der Waals surface area contributed by atoms with Crippen molar-refractivity contribution in [1.29, 1.82) is 0 Å². The maximum absolute atomic E-state index is 12.5. The van der Waals surface area contributed by atoms with Gasteiger partial charge in [-0.05, 0) is 42.7 Å². The second kappa shape index (κ2) is 12.1. The molecule has 1 aliphatic rings. The lowest BCUT2D eigenvalue weighted by atomic mass is 10.0. The zero-order chi connectivity index (χ0) is 22.8. The number of hydrogen-bond donors (Lipinski definition) is 3. The van der Waals surface area contributed by atoms with E-state index in [1.54, 1.807) is 42.5 Å². The highest BCUT2D eigenvalue weighted by Gasteiger charge is 2.19. The lowest BCUT2D eigenvalue weighted by molar-refractivity contribution is -0.140. The van der Waals surface area contributed by atoms with E-state index >= 15 is 0 Å². The molecule has 0 aliphatic carbocycles. The number of nitrogens with one attached hydrogen (secondary N) is 1. The van der Waals surface area contributed by atoms with Crippen molar-refractivity contribution < 1.29 is 38.4 Å². The molecule has 3 rings (SSSR count). The number of aliphatic hydroxyl groups is 1. The molecule has 0 aromatic heterocycles. The van der Waals surface area contributed by atoms with Crippen molar-refractivity contribution in [1.82, 2.24) is 0 Å². The average Bonchev–Trinajstić information content (AvgIpc) is 3.27. The van der Waals surface area contributed by atoms with Crippen LogP contribution in [-0.4, -0.2) is 49.5 Å². The zero-order valence-corrected chi connectivity index (χ0v) is 18.2. The summed E-state index contributed by atoms with van der Waals surface area (Å²) in [6.07, 6.45) is -0.289. The van der Waals surface area contributed by atoms with E-state index in [9.17, 15) is 9.59 Å². The molecule has 32 heavy (non-hydrogen) atoms. The molecule has 2 N–H and O–H groups in total. The summed E-state index contributed by atoms with van der Waals surface area (Å²) in [5.41, 5.74) is 1.26. The monoisotopic (exact) mass is 463 g/mol. The molecule has 0 saturated heterocycles. The third kappa shape index (κ3) is 6.96. The second-order valence-electron chi connectivity index (χ2n) is 6.75. The Balaban J connectivity index is 1.62. The van der Waals surface area contributed by atoms with Gasteiger partial charge in [-0.15, -0.1) is 0 Å². The second-order valence-corrected chi connectivity index (χ2v) is 7.07. The number of hydrogen-bond acceptors (Lipinski definition) is 9. The summed E-state index contributed by atoms with van der Waals surface area (Å²) in [6, 6.07) is 12.1. The minimum atomic E-state index is -0.637. The smallest absolute Gasteiger partial charge is 0.412 e. The molecule has 9 nitrogen and oxygen atoms in total. The van der Waals surface area contributed by atoms with E-state index in [2.05, 4.69) is 17.9 Å². The highest BCUT2D eigenvalue weighted by atomic mass is 32.1. The summed E-state index contributed by atoms with van der Waals surface area (Å²) < 4.78 is 26.6. The summed E-state index contributed by atoms with van der Waals surface area (Å²) >= 11 is 3.87. The average molecular weight is 464 g/mol. The zero-order valence-electron chi connectivity index (χ0n) is 17.3. The van der Waals surface area contributed by atoms with Crippen LogP contribution >= 0.6 is 12.6 Å². The third-order valence-electron chi connectivity index (χ3n) is 4.48. The quantitative estimate of drug-likeness (QED) is 0.264. The molecule has 2 aromatic carbocycles. The van der Waals surface area contributed by atoms with Crippen LogP contribution in [0.25, 0.3) is 0 Å². The van der Waals surface area contributed by atoms with Gasteiger partial charge in [-0.3, -0.25) is 10.1 Å². The van der Waals surface area contributed by atoms with E-state index in [1.807, 2.05) is 0 Å². The van der Waals surface area contributed by atoms with Gasteiger partial charge in [0.1, 0.15) is 18.5 Å². The molecular formula is C22H25NO8S. The summed E-state index contributed by atoms with van der Waals surface area (Å²) in [4.78, 5) is 23.8. The van der Waals surface area contributed by atoms with Gasteiger partial charge < -0.3 is 28.8 Å². The number of carbonyl (C=O) groups excluding carboxylic acids is 2. The first kappa shape index (κ1) is 23.6. The number of amides is 1. The number of anilines is 1. The molecule has 1 heterocycles. The summed E-state index contributed by atoms with van der Waals surface area (Å²) in [7, 11) is 0. The van der Waals surface area contributed by atoms with Crippen molar-refractivity contribution >= 4 is 30.4 Å². The molecule has 0 bridgehead atoms. The minimum absolute atomic E-state index is 0.00711. The Morgan fingerprint density at radius 3 is 2.62 bits per heavy atom. The van der Waals surface area contributed by atoms with E-state index in [1.165, 1.54) is 0 Å². The van der Waals surface area contributed by atoms with E-state index in [0.29, 0.717) is 35.8 Å². The van der Waals surface area contributed by atoms with Crippen LogP contribution in [0.2, 0.25) is 0 Å². The SMILES string of the molecule is O=C(CS)OCCC[C@H](OC(=O)Nc1ccc2c(c1)OCO2)c1ccc(OCCO)cc1. The molecule has 0 spiro atoms. The number of ether oxygens (including phenoxy) is 5. The predicted molar refractivity (Wildman–Crippen MR) is 118 cm³/mol. The van der Waals surface area contributed by atoms with Crippen molar-refractivity contribution in [3.8, 4) is 17.2 Å². The van der Waals surface area contributed by atoms with Crippen molar-refractivity contribution in [2.24, 2.45) is 0 Å². The first-order valence-electron chi connectivity index (χ1n) is 10.1. The lowest BCUT2D eigenvalue weighted by Crippen LogP contribution is -2.18. The van der Waals surface area contributed by atoms with Crippen molar-refractivity contribution in [2.75, 3.05) is 37.7 Å². The molecule has 0 fully saturated rings. The number of esters is 1.